The summed E-state index contributed by atoms with van der Waals surface area (Å²) in [6.07, 6.45) is 0. The van der Waals surface area contributed by atoms with E-state index in [1.54, 1.807) is 6.92 Å². The summed E-state index contributed by atoms with van der Waals surface area (Å²) in [7, 11) is 1.45. The highest BCUT2D eigenvalue weighted by Crippen LogP contribution is 2.21. The molecule has 8 heteroatoms. The quantitative estimate of drug-likeness (QED) is 0.857. The predicted molar refractivity (Wildman–Crippen MR) is 62.4 cm³/mol. The average Bonchev–Trinajstić information content (AvgIpc) is 2.56. The van der Waals surface area contributed by atoms with Gasteiger partial charge in [-0.3, -0.25) is 0 Å². The molecule has 0 aromatic carbocycles. The van der Waals surface area contributed by atoms with E-state index in [4.69, 9.17) is 22.1 Å². The van der Waals surface area contributed by atoms with Crippen molar-refractivity contribution in [1.29, 1.82) is 0 Å². The molecule has 0 spiro atoms. The van der Waals surface area contributed by atoms with Gasteiger partial charge in [-0.2, -0.15) is 20.1 Å². The van der Waals surface area contributed by atoms with Gasteiger partial charge >= 0.3 is 6.01 Å². The lowest BCUT2D eigenvalue weighted by Crippen LogP contribution is -2.09. The lowest BCUT2D eigenvalue weighted by atomic mass is 10.4. The molecule has 2 aromatic heterocycles. The van der Waals surface area contributed by atoms with Gasteiger partial charge in [0.1, 0.15) is 0 Å². The van der Waals surface area contributed by atoms with Crippen molar-refractivity contribution < 1.29 is 4.74 Å². The number of hydrogen-bond acceptors (Lipinski definition) is 6. The van der Waals surface area contributed by atoms with Crippen LogP contribution in [0.4, 0.5) is 5.95 Å². The van der Waals surface area contributed by atoms with E-state index in [1.807, 2.05) is 6.92 Å². The largest absolute Gasteiger partial charge is 0.467 e. The second-order valence-corrected chi connectivity index (χ2v) is 3.75. The zero-order valence-corrected chi connectivity index (χ0v) is 10.4. The van der Waals surface area contributed by atoms with Gasteiger partial charge in [0.25, 0.3) is 5.95 Å². The SMILES string of the molecule is COc1nc(N)nc(-n2nc(C)c(Cl)c2C)n1. The summed E-state index contributed by atoms with van der Waals surface area (Å²) in [6, 6.07) is 0.135. The second-order valence-electron chi connectivity index (χ2n) is 3.38. The van der Waals surface area contributed by atoms with Crippen molar-refractivity contribution in [2.75, 3.05) is 12.8 Å². The predicted octanol–water partition coefficient (Wildman–Crippen LogP) is 0.918. The number of nitrogens with zero attached hydrogens (tertiary/aromatic N) is 5. The minimum Gasteiger partial charge on any atom is -0.467 e. The topological polar surface area (TPSA) is 91.7 Å². The summed E-state index contributed by atoms with van der Waals surface area (Å²) in [5.74, 6) is 0.345. The Balaban J connectivity index is 2.59. The number of hydrogen-bond donors (Lipinski definition) is 1. The van der Waals surface area contributed by atoms with Crippen LogP contribution < -0.4 is 10.5 Å². The molecule has 0 atom stereocenters. The van der Waals surface area contributed by atoms with E-state index in [2.05, 4.69) is 20.1 Å². The molecule has 2 heterocycles. The van der Waals surface area contributed by atoms with Crippen molar-refractivity contribution in [3.63, 3.8) is 0 Å². The molecule has 0 aliphatic carbocycles. The van der Waals surface area contributed by atoms with Crippen LogP contribution in [-0.4, -0.2) is 31.8 Å². The van der Waals surface area contributed by atoms with Gasteiger partial charge in [-0.15, -0.1) is 0 Å². The Morgan fingerprint density at radius 2 is 1.94 bits per heavy atom. The van der Waals surface area contributed by atoms with Crippen LogP contribution in [0.3, 0.4) is 0 Å². The molecule has 0 fully saturated rings. The maximum absolute atomic E-state index is 6.04. The summed E-state index contributed by atoms with van der Waals surface area (Å²) in [4.78, 5) is 11.8. The van der Waals surface area contributed by atoms with Gasteiger partial charge in [0.2, 0.25) is 5.95 Å². The van der Waals surface area contributed by atoms with E-state index in [0.717, 1.165) is 5.69 Å². The Morgan fingerprint density at radius 3 is 2.47 bits per heavy atom. The molecule has 2 rings (SSSR count). The van der Waals surface area contributed by atoms with Crippen LogP contribution in [-0.2, 0) is 0 Å². The van der Waals surface area contributed by atoms with E-state index >= 15 is 0 Å². The average molecular weight is 255 g/mol. The molecule has 0 radical (unpaired) electrons. The summed E-state index contributed by atoms with van der Waals surface area (Å²) in [6.45, 7) is 3.61. The van der Waals surface area contributed by atoms with E-state index in [-0.39, 0.29) is 17.9 Å². The first-order valence-electron chi connectivity index (χ1n) is 4.80. The Kier molecular flexibility index (Phi) is 2.84. The van der Waals surface area contributed by atoms with Crippen molar-refractivity contribution in [2.24, 2.45) is 0 Å². The number of methoxy groups -OCH3 is 1. The van der Waals surface area contributed by atoms with Crippen LogP contribution in [0.15, 0.2) is 0 Å². The molecule has 17 heavy (non-hydrogen) atoms. The van der Waals surface area contributed by atoms with Gasteiger partial charge in [0.05, 0.1) is 23.5 Å². The third kappa shape index (κ3) is 2.01. The number of anilines is 1. The number of nitrogen functional groups attached to an aromatic ring is 1. The fraction of sp³-hybridized carbons (Fsp3) is 0.333. The highest BCUT2D eigenvalue weighted by atomic mass is 35.5. The number of ether oxygens (including phenoxy) is 1. The molecule has 0 amide bonds. The van der Waals surface area contributed by atoms with Crippen LogP contribution in [0.5, 0.6) is 6.01 Å². The van der Waals surface area contributed by atoms with Crippen molar-refractivity contribution in [1.82, 2.24) is 24.7 Å². The molecular formula is C9H11ClN6O. The normalized spacial score (nSPS) is 10.6. The number of halogens is 1. The minimum absolute atomic E-state index is 0.0653. The molecule has 0 saturated heterocycles. The fourth-order valence-electron chi connectivity index (χ4n) is 1.37. The summed E-state index contributed by atoms with van der Waals surface area (Å²) in [5.41, 5.74) is 6.98. The molecule has 2 N–H and O–H groups in total. The Morgan fingerprint density at radius 1 is 1.24 bits per heavy atom. The fourth-order valence-corrected chi connectivity index (χ4v) is 1.48. The minimum atomic E-state index is 0.0653. The molecule has 0 unspecified atom stereocenters. The van der Waals surface area contributed by atoms with E-state index in [0.29, 0.717) is 10.7 Å². The third-order valence-electron chi connectivity index (χ3n) is 2.20. The van der Waals surface area contributed by atoms with Gasteiger partial charge in [-0.05, 0) is 13.8 Å². The molecular weight excluding hydrogens is 244 g/mol. The van der Waals surface area contributed by atoms with Gasteiger partial charge in [-0.25, -0.2) is 4.68 Å². The van der Waals surface area contributed by atoms with E-state index in [9.17, 15) is 0 Å². The smallest absolute Gasteiger partial charge is 0.322 e. The van der Waals surface area contributed by atoms with Crippen molar-refractivity contribution in [3.05, 3.63) is 16.4 Å². The number of aryl methyl sites for hydroxylation is 1. The van der Waals surface area contributed by atoms with E-state index in [1.165, 1.54) is 11.8 Å². The van der Waals surface area contributed by atoms with Gasteiger partial charge in [0, 0.05) is 0 Å². The van der Waals surface area contributed by atoms with Crippen molar-refractivity contribution >= 4 is 17.5 Å². The lowest BCUT2D eigenvalue weighted by molar-refractivity contribution is 0.377. The zero-order chi connectivity index (χ0) is 12.6. The maximum atomic E-state index is 6.04. The number of nitrogens with two attached hydrogens (primary N) is 1. The Labute approximate surface area is 103 Å². The maximum Gasteiger partial charge on any atom is 0.322 e. The van der Waals surface area contributed by atoms with Crippen molar-refractivity contribution in [3.8, 4) is 12.0 Å². The number of rotatable bonds is 2. The van der Waals surface area contributed by atoms with Gasteiger partial charge < -0.3 is 10.5 Å². The van der Waals surface area contributed by atoms with Gasteiger partial charge in [-0.1, -0.05) is 11.6 Å². The third-order valence-corrected chi connectivity index (χ3v) is 2.74. The van der Waals surface area contributed by atoms with Gasteiger partial charge in [0.15, 0.2) is 0 Å². The Hall–Kier alpha value is -1.89. The lowest BCUT2D eigenvalue weighted by Gasteiger charge is -2.04. The summed E-state index contributed by atoms with van der Waals surface area (Å²) < 4.78 is 6.42. The second kappa shape index (κ2) is 4.17. The highest BCUT2D eigenvalue weighted by Gasteiger charge is 2.14. The standard InChI is InChI=1S/C9H11ClN6O/c1-4-6(10)5(2)16(15-4)8-12-7(11)13-9(14-8)17-3/h1-3H3,(H2,11,12,13,14). The van der Waals surface area contributed by atoms with Crippen LogP contribution in [0, 0.1) is 13.8 Å². The summed E-state index contributed by atoms with van der Waals surface area (Å²) >= 11 is 6.04. The monoisotopic (exact) mass is 254 g/mol. The molecule has 0 aliphatic heterocycles. The first-order chi connectivity index (χ1) is 8.02. The highest BCUT2D eigenvalue weighted by molar-refractivity contribution is 6.31. The van der Waals surface area contributed by atoms with Crippen LogP contribution in [0.25, 0.3) is 5.95 Å². The molecule has 0 bridgehead atoms. The number of aromatic nitrogens is 5. The van der Waals surface area contributed by atoms with Crippen LogP contribution in [0.1, 0.15) is 11.4 Å². The first-order valence-corrected chi connectivity index (χ1v) is 5.18. The summed E-state index contributed by atoms with van der Waals surface area (Å²) in [5, 5.41) is 4.79. The zero-order valence-electron chi connectivity index (χ0n) is 9.60. The molecule has 2 aromatic rings. The molecule has 0 saturated carbocycles. The first kappa shape index (κ1) is 11.6. The Bertz CT molecular complexity index is 567. The van der Waals surface area contributed by atoms with Crippen LogP contribution >= 0.6 is 11.6 Å². The van der Waals surface area contributed by atoms with Crippen molar-refractivity contribution in [2.45, 2.75) is 13.8 Å². The van der Waals surface area contributed by atoms with Crippen LogP contribution in [0.2, 0.25) is 5.02 Å². The molecule has 7 nitrogen and oxygen atoms in total. The van der Waals surface area contributed by atoms with E-state index < -0.39 is 0 Å². The molecule has 90 valence electrons. The molecule has 0 aliphatic rings.